The summed E-state index contributed by atoms with van der Waals surface area (Å²) in [5.74, 6) is 0.482. The van der Waals surface area contributed by atoms with Gasteiger partial charge in [-0.05, 0) is 25.0 Å². The van der Waals surface area contributed by atoms with Gasteiger partial charge in [-0.25, -0.2) is 4.98 Å². The predicted octanol–water partition coefficient (Wildman–Crippen LogP) is 2.11. The maximum absolute atomic E-state index is 11.4. The third-order valence-electron chi connectivity index (χ3n) is 3.38. The lowest BCUT2D eigenvalue weighted by Gasteiger charge is -2.23. The number of nitrogens with one attached hydrogen (secondary N) is 2. The molecule has 0 bridgehead atoms. The Balaban J connectivity index is 1.85. The Morgan fingerprint density at radius 2 is 2.11 bits per heavy atom. The lowest BCUT2D eigenvalue weighted by molar-refractivity contribution is -0.116. The summed E-state index contributed by atoms with van der Waals surface area (Å²) < 4.78 is 0. The maximum Gasteiger partial charge on any atom is 0.226 e. The summed E-state index contributed by atoms with van der Waals surface area (Å²) in [5, 5.41) is 6.21. The second-order valence-electron chi connectivity index (χ2n) is 5.00. The average Bonchev–Trinajstić information content (AvgIpc) is 2.42. The fourth-order valence-electron chi connectivity index (χ4n) is 2.37. The van der Waals surface area contributed by atoms with Gasteiger partial charge < -0.3 is 16.4 Å². The molecule has 0 aromatic carbocycles. The van der Waals surface area contributed by atoms with Crippen LogP contribution in [0.3, 0.4) is 0 Å². The van der Waals surface area contributed by atoms with Gasteiger partial charge in [-0.2, -0.15) is 0 Å². The molecule has 1 heterocycles. The Morgan fingerprint density at radius 3 is 2.74 bits per heavy atom. The van der Waals surface area contributed by atoms with Crippen molar-refractivity contribution in [2.45, 2.75) is 44.6 Å². The van der Waals surface area contributed by atoms with E-state index in [9.17, 15) is 4.79 Å². The van der Waals surface area contributed by atoms with Crippen molar-refractivity contribution in [2.24, 2.45) is 5.73 Å². The Morgan fingerprint density at radius 1 is 1.32 bits per heavy atom. The molecule has 5 heteroatoms. The monoisotopic (exact) mass is 262 g/mol. The number of anilines is 2. The average molecular weight is 262 g/mol. The van der Waals surface area contributed by atoms with Crippen LogP contribution in [0, 0.1) is 0 Å². The molecule has 5 nitrogen and oxygen atoms in total. The van der Waals surface area contributed by atoms with E-state index in [2.05, 4.69) is 15.6 Å². The van der Waals surface area contributed by atoms with Gasteiger partial charge >= 0.3 is 0 Å². The van der Waals surface area contributed by atoms with Crippen LogP contribution in [0.25, 0.3) is 0 Å². The Bertz CT molecular complexity index is 398. The first-order valence-electron chi connectivity index (χ1n) is 7.00. The highest BCUT2D eigenvalue weighted by Crippen LogP contribution is 2.21. The van der Waals surface area contributed by atoms with Crippen LogP contribution >= 0.6 is 0 Å². The number of hydrogen-bond acceptors (Lipinski definition) is 4. The van der Waals surface area contributed by atoms with Crippen LogP contribution in [-0.4, -0.2) is 23.5 Å². The van der Waals surface area contributed by atoms with Gasteiger partial charge in [0, 0.05) is 19.0 Å². The van der Waals surface area contributed by atoms with Gasteiger partial charge in [-0.15, -0.1) is 0 Å². The highest BCUT2D eigenvalue weighted by atomic mass is 16.1. The van der Waals surface area contributed by atoms with Gasteiger partial charge in [-0.1, -0.05) is 19.3 Å². The van der Waals surface area contributed by atoms with E-state index in [0.29, 0.717) is 24.8 Å². The second-order valence-corrected chi connectivity index (χ2v) is 5.00. The zero-order valence-electron chi connectivity index (χ0n) is 11.2. The molecular weight excluding hydrogens is 240 g/mol. The molecule has 0 unspecified atom stereocenters. The topological polar surface area (TPSA) is 80.0 Å². The Hall–Kier alpha value is -1.62. The van der Waals surface area contributed by atoms with Crippen LogP contribution in [0.5, 0.6) is 0 Å². The zero-order valence-corrected chi connectivity index (χ0v) is 11.2. The van der Waals surface area contributed by atoms with Crippen LogP contribution in [0.15, 0.2) is 18.3 Å². The first kappa shape index (κ1) is 13.8. The summed E-state index contributed by atoms with van der Waals surface area (Å²) in [4.78, 5) is 15.6. The highest BCUT2D eigenvalue weighted by Gasteiger charge is 2.12. The first-order valence-corrected chi connectivity index (χ1v) is 7.00. The van der Waals surface area contributed by atoms with Crippen molar-refractivity contribution < 1.29 is 4.79 Å². The van der Waals surface area contributed by atoms with E-state index in [0.717, 1.165) is 5.69 Å². The van der Waals surface area contributed by atoms with E-state index in [1.54, 1.807) is 6.20 Å². The third kappa shape index (κ3) is 4.52. The van der Waals surface area contributed by atoms with Crippen LogP contribution < -0.4 is 16.4 Å². The molecule has 1 aromatic heterocycles. The smallest absolute Gasteiger partial charge is 0.226 e. The van der Waals surface area contributed by atoms with Crippen molar-refractivity contribution in [2.75, 3.05) is 17.2 Å². The molecule has 1 aliphatic carbocycles. The number of nitrogens with zero attached hydrogens (tertiary/aromatic N) is 1. The van der Waals surface area contributed by atoms with E-state index in [-0.39, 0.29) is 5.91 Å². The molecule has 1 aromatic rings. The number of hydrogen-bond donors (Lipinski definition) is 3. The zero-order chi connectivity index (χ0) is 13.5. The molecule has 0 atom stereocenters. The van der Waals surface area contributed by atoms with Gasteiger partial charge in [0.25, 0.3) is 0 Å². The van der Waals surface area contributed by atoms with Crippen LogP contribution in [0.2, 0.25) is 0 Å². The number of rotatable bonds is 5. The second kappa shape index (κ2) is 7.09. The molecule has 104 valence electrons. The molecule has 0 aliphatic heterocycles. The van der Waals surface area contributed by atoms with E-state index >= 15 is 0 Å². The molecule has 1 fully saturated rings. The molecule has 0 saturated heterocycles. The number of pyridine rings is 1. The molecule has 0 spiro atoms. The quantitative estimate of drug-likeness (QED) is 0.759. The summed E-state index contributed by atoms with van der Waals surface area (Å²) in [5.41, 5.74) is 6.34. The van der Waals surface area contributed by atoms with Crippen LogP contribution in [0.4, 0.5) is 11.5 Å². The molecule has 1 amide bonds. The minimum absolute atomic E-state index is 0.0945. The molecule has 4 N–H and O–H groups in total. The molecular formula is C14H22N4O. The largest absolute Gasteiger partial charge is 0.381 e. The summed E-state index contributed by atoms with van der Waals surface area (Å²) >= 11 is 0. The fraction of sp³-hybridized carbons (Fsp3) is 0.571. The van der Waals surface area contributed by atoms with Crippen molar-refractivity contribution in [1.82, 2.24) is 4.98 Å². The van der Waals surface area contributed by atoms with E-state index in [4.69, 9.17) is 5.73 Å². The van der Waals surface area contributed by atoms with E-state index in [1.807, 2.05) is 12.1 Å². The number of aromatic nitrogens is 1. The van der Waals surface area contributed by atoms with Crippen molar-refractivity contribution in [3.05, 3.63) is 18.3 Å². The Kier molecular flexibility index (Phi) is 5.15. The maximum atomic E-state index is 11.4. The molecule has 1 aliphatic rings. The van der Waals surface area contributed by atoms with Crippen LogP contribution in [0.1, 0.15) is 38.5 Å². The van der Waals surface area contributed by atoms with Gasteiger partial charge in [0.1, 0.15) is 5.82 Å². The highest BCUT2D eigenvalue weighted by molar-refractivity contribution is 5.89. The number of amides is 1. The fourth-order valence-corrected chi connectivity index (χ4v) is 2.37. The number of carbonyl (C=O) groups is 1. The summed E-state index contributed by atoms with van der Waals surface area (Å²) in [6.45, 7) is 0.354. The normalized spacial score (nSPS) is 16.1. The molecule has 0 radical (unpaired) electrons. The predicted molar refractivity (Wildman–Crippen MR) is 77.0 cm³/mol. The SMILES string of the molecule is NCCC(=O)Nc1ccc(NC2CCCCC2)cn1. The van der Waals surface area contributed by atoms with Gasteiger partial charge in [0.05, 0.1) is 11.9 Å². The van der Waals surface area contributed by atoms with Crippen molar-refractivity contribution in [3.63, 3.8) is 0 Å². The third-order valence-corrected chi connectivity index (χ3v) is 3.38. The number of carbonyl (C=O) groups excluding carboxylic acids is 1. The van der Waals surface area contributed by atoms with Crippen molar-refractivity contribution in [1.29, 1.82) is 0 Å². The molecule has 1 saturated carbocycles. The first-order chi connectivity index (χ1) is 9.28. The molecule has 19 heavy (non-hydrogen) atoms. The Labute approximate surface area is 114 Å². The standard InChI is InChI=1S/C14H22N4O/c15-9-8-14(19)18-13-7-6-12(10-16-13)17-11-4-2-1-3-5-11/h6-7,10-11,17H,1-5,8-9,15H2,(H,16,18,19). The summed E-state index contributed by atoms with van der Waals surface area (Å²) in [6, 6.07) is 4.34. The lowest BCUT2D eigenvalue weighted by atomic mass is 9.95. The van der Waals surface area contributed by atoms with E-state index < -0.39 is 0 Å². The molecule has 2 rings (SSSR count). The summed E-state index contributed by atoms with van der Waals surface area (Å²) in [7, 11) is 0. The lowest BCUT2D eigenvalue weighted by Crippen LogP contribution is -2.22. The van der Waals surface area contributed by atoms with Crippen LogP contribution in [-0.2, 0) is 4.79 Å². The van der Waals surface area contributed by atoms with Gasteiger partial charge in [0.15, 0.2) is 0 Å². The van der Waals surface area contributed by atoms with Gasteiger partial charge in [0.2, 0.25) is 5.91 Å². The minimum atomic E-state index is -0.0945. The van der Waals surface area contributed by atoms with Crippen molar-refractivity contribution >= 4 is 17.4 Å². The number of nitrogens with two attached hydrogens (primary N) is 1. The van der Waals surface area contributed by atoms with Gasteiger partial charge in [-0.3, -0.25) is 4.79 Å². The van der Waals surface area contributed by atoms with E-state index in [1.165, 1.54) is 32.1 Å². The minimum Gasteiger partial charge on any atom is -0.381 e. The summed E-state index contributed by atoms with van der Waals surface area (Å²) in [6.07, 6.45) is 8.51. The van der Waals surface area contributed by atoms with Crippen molar-refractivity contribution in [3.8, 4) is 0 Å².